The van der Waals surface area contributed by atoms with Gasteiger partial charge in [0.15, 0.2) is 0 Å². The topological polar surface area (TPSA) is 193 Å². The third-order valence-corrected chi connectivity index (χ3v) is 4.19. The smallest absolute Gasteiger partial charge is 0.326 e. The first kappa shape index (κ1) is 22.1. The highest BCUT2D eigenvalue weighted by atomic mass is 16.4. The van der Waals surface area contributed by atoms with Gasteiger partial charge >= 0.3 is 5.97 Å². The van der Waals surface area contributed by atoms with Gasteiger partial charge in [-0.3, -0.25) is 14.4 Å². The number of hydrogen-bond donors (Lipinski definition) is 6. The number of primary amides is 1. The molecule has 0 saturated heterocycles. The molecule has 0 bridgehead atoms. The summed E-state index contributed by atoms with van der Waals surface area (Å²) in [4.78, 5) is 53.9. The number of carboxylic acids is 1. The van der Waals surface area contributed by atoms with E-state index in [1.807, 2.05) is 6.92 Å². The summed E-state index contributed by atoms with van der Waals surface area (Å²) < 4.78 is 0. The molecule has 0 saturated carbocycles. The van der Waals surface area contributed by atoms with E-state index in [-0.39, 0.29) is 12.3 Å². The van der Waals surface area contributed by atoms with E-state index in [1.54, 1.807) is 6.92 Å². The maximum absolute atomic E-state index is 12.5. The fraction of sp³-hybridized carbons (Fsp3) is 0.562. The molecular weight excluding hydrogens is 356 g/mol. The van der Waals surface area contributed by atoms with E-state index in [4.69, 9.17) is 11.5 Å². The summed E-state index contributed by atoms with van der Waals surface area (Å²) in [5.74, 6) is -3.71. The number of carbonyl (C=O) groups is 4. The molecule has 1 rings (SSSR count). The van der Waals surface area contributed by atoms with Gasteiger partial charge in [-0.1, -0.05) is 20.3 Å². The minimum atomic E-state index is -1.33. The van der Waals surface area contributed by atoms with Gasteiger partial charge in [-0.25, -0.2) is 9.78 Å². The molecule has 4 unspecified atom stereocenters. The molecule has 0 spiro atoms. The van der Waals surface area contributed by atoms with Crippen molar-refractivity contribution in [3.63, 3.8) is 0 Å². The number of carbonyl (C=O) groups excluding carboxylic acids is 3. The molecular formula is C16H26N6O5. The maximum Gasteiger partial charge on any atom is 0.326 e. The number of imidazole rings is 1. The molecule has 3 amide bonds. The molecule has 1 aromatic rings. The van der Waals surface area contributed by atoms with Crippen molar-refractivity contribution in [2.75, 3.05) is 0 Å². The summed E-state index contributed by atoms with van der Waals surface area (Å²) in [7, 11) is 0. The van der Waals surface area contributed by atoms with Crippen LogP contribution < -0.4 is 22.1 Å². The molecule has 0 radical (unpaired) electrons. The molecule has 150 valence electrons. The Morgan fingerprint density at radius 1 is 1.22 bits per heavy atom. The number of nitrogens with zero attached hydrogens (tertiary/aromatic N) is 1. The average molecular weight is 382 g/mol. The van der Waals surface area contributed by atoms with Crippen molar-refractivity contribution in [2.45, 2.75) is 51.2 Å². The minimum absolute atomic E-state index is 0.0509. The summed E-state index contributed by atoms with van der Waals surface area (Å²) in [6.45, 7) is 3.64. The Labute approximate surface area is 156 Å². The van der Waals surface area contributed by atoms with E-state index in [2.05, 4.69) is 20.6 Å². The van der Waals surface area contributed by atoms with Crippen molar-refractivity contribution in [1.29, 1.82) is 0 Å². The first-order valence-corrected chi connectivity index (χ1v) is 8.50. The van der Waals surface area contributed by atoms with Crippen molar-refractivity contribution >= 4 is 23.7 Å². The molecule has 0 aliphatic rings. The van der Waals surface area contributed by atoms with Crippen LogP contribution in [0.15, 0.2) is 12.5 Å². The Morgan fingerprint density at radius 3 is 2.33 bits per heavy atom. The van der Waals surface area contributed by atoms with Crippen molar-refractivity contribution < 1.29 is 24.3 Å². The molecule has 0 aliphatic heterocycles. The summed E-state index contributed by atoms with van der Waals surface area (Å²) in [6.07, 6.45) is 2.91. The van der Waals surface area contributed by atoms with Crippen LogP contribution in [0.1, 0.15) is 32.4 Å². The lowest BCUT2D eigenvalue weighted by molar-refractivity contribution is -0.142. The average Bonchev–Trinajstić information content (AvgIpc) is 3.11. The van der Waals surface area contributed by atoms with Crippen LogP contribution in [0.3, 0.4) is 0 Å². The number of nitrogens with one attached hydrogen (secondary N) is 3. The molecule has 11 nitrogen and oxygen atoms in total. The number of hydrogen-bond acceptors (Lipinski definition) is 6. The number of carboxylic acid groups (broad SMARTS) is 1. The summed E-state index contributed by atoms with van der Waals surface area (Å²) in [5.41, 5.74) is 11.5. The zero-order valence-electron chi connectivity index (χ0n) is 15.3. The number of aromatic amines is 1. The Balaban J connectivity index is 2.84. The number of H-pyrrole nitrogens is 1. The van der Waals surface area contributed by atoms with E-state index in [0.29, 0.717) is 12.1 Å². The molecule has 27 heavy (non-hydrogen) atoms. The maximum atomic E-state index is 12.5. The highest BCUT2D eigenvalue weighted by Crippen LogP contribution is 2.06. The van der Waals surface area contributed by atoms with Crippen molar-refractivity contribution in [1.82, 2.24) is 20.6 Å². The lowest BCUT2D eigenvalue weighted by Gasteiger charge is -2.23. The third-order valence-electron chi connectivity index (χ3n) is 4.19. The molecule has 1 aromatic heterocycles. The third kappa shape index (κ3) is 7.05. The van der Waals surface area contributed by atoms with Crippen molar-refractivity contribution in [3.8, 4) is 0 Å². The quantitative estimate of drug-likeness (QED) is 0.261. The fourth-order valence-electron chi connectivity index (χ4n) is 2.28. The van der Waals surface area contributed by atoms with Crippen LogP contribution in [0.4, 0.5) is 0 Å². The number of rotatable bonds is 11. The van der Waals surface area contributed by atoms with Gasteiger partial charge < -0.3 is 32.2 Å². The van der Waals surface area contributed by atoms with Gasteiger partial charge in [0.25, 0.3) is 0 Å². The summed E-state index contributed by atoms with van der Waals surface area (Å²) >= 11 is 0. The van der Waals surface area contributed by atoms with E-state index in [9.17, 15) is 24.3 Å². The number of amides is 3. The first-order chi connectivity index (χ1) is 12.6. The lowest BCUT2D eigenvalue weighted by atomic mass is 9.99. The zero-order valence-corrected chi connectivity index (χ0v) is 15.3. The Morgan fingerprint density at radius 2 is 1.85 bits per heavy atom. The van der Waals surface area contributed by atoms with Crippen molar-refractivity contribution in [3.05, 3.63) is 18.2 Å². The highest BCUT2D eigenvalue weighted by Gasteiger charge is 2.30. The van der Waals surface area contributed by atoms with Gasteiger partial charge in [-0.15, -0.1) is 0 Å². The van der Waals surface area contributed by atoms with E-state index >= 15 is 0 Å². The van der Waals surface area contributed by atoms with Gasteiger partial charge in [0.2, 0.25) is 17.7 Å². The van der Waals surface area contributed by atoms with Gasteiger partial charge in [0, 0.05) is 18.3 Å². The molecule has 1 heterocycles. The second-order valence-corrected chi connectivity index (χ2v) is 6.32. The second-order valence-electron chi connectivity index (χ2n) is 6.32. The van der Waals surface area contributed by atoms with Gasteiger partial charge in [-0.2, -0.15) is 0 Å². The van der Waals surface area contributed by atoms with Crippen molar-refractivity contribution in [2.24, 2.45) is 17.4 Å². The predicted octanol–water partition coefficient (Wildman–Crippen LogP) is -1.74. The lowest BCUT2D eigenvalue weighted by Crippen LogP contribution is -2.56. The van der Waals surface area contributed by atoms with E-state index in [0.717, 1.165) is 0 Å². The Hall–Kier alpha value is -2.95. The predicted molar refractivity (Wildman–Crippen MR) is 95.0 cm³/mol. The zero-order chi connectivity index (χ0) is 20.6. The number of nitrogens with two attached hydrogens (primary N) is 2. The summed E-state index contributed by atoms with van der Waals surface area (Å²) in [5, 5.41) is 14.0. The first-order valence-electron chi connectivity index (χ1n) is 8.50. The van der Waals surface area contributed by atoms with Crippen LogP contribution in [0, 0.1) is 5.92 Å². The molecule has 0 fully saturated rings. The molecule has 11 heteroatoms. The number of aromatic nitrogens is 2. The van der Waals surface area contributed by atoms with E-state index < -0.39 is 48.2 Å². The standard InChI is InChI=1S/C16H26N6O5/c1-3-8(2)13(18)15(25)21-10(5-12(17)23)14(24)22-11(16(26)27)4-9-6-19-7-20-9/h6-8,10-11,13H,3-5,18H2,1-2H3,(H2,17,23)(H,19,20)(H,21,25)(H,22,24)(H,26,27). The normalized spacial score (nSPS) is 15.2. The highest BCUT2D eigenvalue weighted by molar-refractivity contribution is 5.94. The van der Waals surface area contributed by atoms with Crippen LogP contribution in [0.5, 0.6) is 0 Å². The fourth-order valence-corrected chi connectivity index (χ4v) is 2.28. The number of aliphatic carboxylic acids is 1. The largest absolute Gasteiger partial charge is 0.480 e. The van der Waals surface area contributed by atoms with Crippen LogP contribution in [0.2, 0.25) is 0 Å². The Kier molecular flexibility index (Phi) is 8.39. The van der Waals surface area contributed by atoms with Crippen LogP contribution in [-0.4, -0.2) is 56.9 Å². The molecule has 8 N–H and O–H groups in total. The van der Waals surface area contributed by atoms with Crippen LogP contribution in [-0.2, 0) is 25.6 Å². The second kappa shape index (κ2) is 10.3. The Bertz CT molecular complexity index is 662. The van der Waals surface area contributed by atoms with Crippen LogP contribution in [0.25, 0.3) is 0 Å². The van der Waals surface area contributed by atoms with Crippen LogP contribution >= 0.6 is 0 Å². The molecule has 4 atom stereocenters. The van der Waals surface area contributed by atoms with Gasteiger partial charge in [0.1, 0.15) is 12.1 Å². The molecule has 0 aromatic carbocycles. The SMILES string of the molecule is CCC(C)C(N)C(=O)NC(CC(N)=O)C(=O)NC(Cc1cnc[nH]1)C(=O)O. The van der Waals surface area contributed by atoms with E-state index in [1.165, 1.54) is 12.5 Å². The van der Waals surface area contributed by atoms with Gasteiger partial charge in [-0.05, 0) is 5.92 Å². The monoisotopic (exact) mass is 382 g/mol. The van der Waals surface area contributed by atoms with Gasteiger partial charge in [0.05, 0.1) is 18.8 Å². The summed E-state index contributed by atoms with van der Waals surface area (Å²) in [6, 6.07) is -3.49. The molecule has 0 aliphatic carbocycles. The minimum Gasteiger partial charge on any atom is -0.480 e.